The van der Waals surface area contributed by atoms with Crippen LogP contribution in [-0.2, 0) is 11.3 Å². The number of carboxylic acids is 1. The zero-order valence-electron chi connectivity index (χ0n) is 15.9. The second-order valence-corrected chi connectivity index (χ2v) is 8.28. The Labute approximate surface area is 154 Å². The van der Waals surface area contributed by atoms with Crippen molar-refractivity contribution in [1.82, 2.24) is 20.0 Å². The van der Waals surface area contributed by atoms with Crippen molar-refractivity contribution in [3.8, 4) is 0 Å². The zero-order chi connectivity index (χ0) is 18.8. The maximum absolute atomic E-state index is 12.5. The van der Waals surface area contributed by atoms with Gasteiger partial charge in [0.15, 0.2) is 0 Å². The molecule has 26 heavy (non-hydrogen) atoms. The van der Waals surface area contributed by atoms with E-state index in [0.29, 0.717) is 17.4 Å². The number of carboxylic acid groups (broad SMARTS) is 1. The standard InChI is InChI=1S/C19H30N4O3/c1-12(2)9-23-13(3)17(8-20-23)19(26)21-15-6-16(7-15)22(11-18(24)25)10-14-4-5-14/h8,12,14-16H,4-7,9-11H2,1-3H3,(H,21,26)(H,24,25). The van der Waals surface area contributed by atoms with E-state index in [1.165, 1.54) is 12.8 Å². The summed E-state index contributed by atoms with van der Waals surface area (Å²) in [5, 5.41) is 16.5. The minimum absolute atomic E-state index is 0.0760. The lowest BCUT2D eigenvalue weighted by Crippen LogP contribution is -2.55. The third kappa shape index (κ3) is 4.63. The lowest BCUT2D eigenvalue weighted by molar-refractivity contribution is -0.139. The number of hydrogen-bond acceptors (Lipinski definition) is 4. The van der Waals surface area contributed by atoms with Crippen LogP contribution in [0.1, 0.15) is 55.6 Å². The van der Waals surface area contributed by atoms with E-state index in [-0.39, 0.29) is 24.5 Å². The maximum atomic E-state index is 12.5. The summed E-state index contributed by atoms with van der Waals surface area (Å²) in [6.07, 6.45) is 5.72. The van der Waals surface area contributed by atoms with Crippen LogP contribution >= 0.6 is 0 Å². The van der Waals surface area contributed by atoms with Crippen molar-refractivity contribution in [3.63, 3.8) is 0 Å². The van der Waals surface area contributed by atoms with E-state index in [9.17, 15) is 9.59 Å². The first kappa shape index (κ1) is 18.9. The third-order valence-corrected chi connectivity index (χ3v) is 5.38. The Kier molecular flexibility index (Phi) is 5.65. The van der Waals surface area contributed by atoms with Crippen LogP contribution in [0.5, 0.6) is 0 Å². The van der Waals surface area contributed by atoms with E-state index in [1.807, 2.05) is 11.6 Å². The van der Waals surface area contributed by atoms with Gasteiger partial charge in [0.25, 0.3) is 5.91 Å². The van der Waals surface area contributed by atoms with E-state index < -0.39 is 5.97 Å². The number of nitrogens with one attached hydrogen (secondary N) is 1. The molecule has 1 amide bonds. The first-order valence-corrected chi connectivity index (χ1v) is 9.62. The van der Waals surface area contributed by atoms with Gasteiger partial charge in [-0.25, -0.2) is 0 Å². The number of aliphatic carboxylic acids is 1. The van der Waals surface area contributed by atoms with Crippen LogP contribution in [0.25, 0.3) is 0 Å². The summed E-state index contributed by atoms with van der Waals surface area (Å²) in [5.74, 6) is 0.292. The summed E-state index contributed by atoms with van der Waals surface area (Å²) in [4.78, 5) is 25.7. The van der Waals surface area contributed by atoms with Gasteiger partial charge < -0.3 is 10.4 Å². The molecule has 3 rings (SSSR count). The molecule has 144 valence electrons. The van der Waals surface area contributed by atoms with Crippen molar-refractivity contribution in [2.75, 3.05) is 13.1 Å². The molecule has 1 aromatic heterocycles. The lowest BCUT2D eigenvalue weighted by Gasteiger charge is -2.42. The molecule has 7 heteroatoms. The molecule has 2 fully saturated rings. The molecule has 0 radical (unpaired) electrons. The number of carbonyl (C=O) groups is 2. The second kappa shape index (κ2) is 7.78. The molecule has 2 aliphatic carbocycles. The number of rotatable bonds is 9. The zero-order valence-corrected chi connectivity index (χ0v) is 15.9. The average molecular weight is 362 g/mol. The summed E-state index contributed by atoms with van der Waals surface area (Å²) >= 11 is 0. The molecular weight excluding hydrogens is 332 g/mol. The number of aromatic nitrogens is 2. The molecule has 2 N–H and O–H groups in total. The maximum Gasteiger partial charge on any atom is 0.317 e. The average Bonchev–Trinajstić information content (AvgIpc) is 3.25. The van der Waals surface area contributed by atoms with E-state index >= 15 is 0 Å². The van der Waals surface area contributed by atoms with Crippen LogP contribution in [0.15, 0.2) is 6.20 Å². The van der Waals surface area contributed by atoms with Crippen LogP contribution in [0.2, 0.25) is 0 Å². The SMILES string of the molecule is Cc1c(C(=O)NC2CC(N(CC(=O)O)CC3CC3)C2)cnn1CC(C)C. The van der Waals surface area contributed by atoms with Gasteiger partial charge in [-0.1, -0.05) is 13.8 Å². The number of amides is 1. The smallest absolute Gasteiger partial charge is 0.317 e. The van der Waals surface area contributed by atoms with E-state index in [0.717, 1.165) is 31.6 Å². The van der Waals surface area contributed by atoms with Gasteiger partial charge in [-0.2, -0.15) is 5.10 Å². The molecule has 7 nitrogen and oxygen atoms in total. The number of nitrogens with zero attached hydrogens (tertiary/aromatic N) is 3. The van der Waals surface area contributed by atoms with Gasteiger partial charge in [0.1, 0.15) is 0 Å². The normalized spacial score (nSPS) is 22.5. The summed E-state index contributed by atoms with van der Waals surface area (Å²) < 4.78 is 1.88. The molecule has 2 aliphatic rings. The van der Waals surface area contributed by atoms with Crippen LogP contribution < -0.4 is 5.32 Å². The fraction of sp³-hybridized carbons (Fsp3) is 0.737. The molecule has 0 aliphatic heterocycles. The molecule has 1 aromatic rings. The fourth-order valence-corrected chi connectivity index (χ4v) is 3.61. The molecule has 1 heterocycles. The highest BCUT2D eigenvalue weighted by Crippen LogP contribution is 2.33. The summed E-state index contributed by atoms with van der Waals surface area (Å²) in [6, 6.07) is 0.387. The molecule has 0 spiro atoms. The highest BCUT2D eigenvalue weighted by atomic mass is 16.4. The Morgan fingerprint density at radius 1 is 1.38 bits per heavy atom. The van der Waals surface area contributed by atoms with Crippen LogP contribution in [0.3, 0.4) is 0 Å². The van der Waals surface area contributed by atoms with Crippen molar-refractivity contribution in [1.29, 1.82) is 0 Å². The second-order valence-electron chi connectivity index (χ2n) is 8.28. The van der Waals surface area contributed by atoms with Gasteiger partial charge in [0.05, 0.1) is 18.3 Å². The van der Waals surface area contributed by atoms with Gasteiger partial charge in [-0.3, -0.25) is 19.2 Å². The van der Waals surface area contributed by atoms with Crippen LogP contribution in [0, 0.1) is 18.8 Å². The van der Waals surface area contributed by atoms with E-state index in [1.54, 1.807) is 6.20 Å². The Bertz CT molecular complexity index is 660. The molecule has 0 unspecified atom stereocenters. The quantitative estimate of drug-likeness (QED) is 0.701. The fourth-order valence-electron chi connectivity index (χ4n) is 3.61. The van der Waals surface area contributed by atoms with Crippen LogP contribution in [-0.4, -0.2) is 56.8 Å². The molecule has 0 aromatic carbocycles. The summed E-state index contributed by atoms with van der Waals surface area (Å²) in [7, 11) is 0. The van der Waals surface area contributed by atoms with Gasteiger partial charge in [-0.05, 0) is 44.4 Å². The van der Waals surface area contributed by atoms with Crippen molar-refractivity contribution in [2.24, 2.45) is 11.8 Å². The van der Waals surface area contributed by atoms with Crippen molar-refractivity contribution < 1.29 is 14.7 Å². The molecule has 0 saturated heterocycles. The Morgan fingerprint density at radius 2 is 2.08 bits per heavy atom. The Balaban J connectivity index is 1.50. The first-order valence-electron chi connectivity index (χ1n) is 9.62. The largest absolute Gasteiger partial charge is 0.480 e. The highest BCUT2D eigenvalue weighted by molar-refractivity contribution is 5.95. The van der Waals surface area contributed by atoms with Crippen molar-refractivity contribution in [3.05, 3.63) is 17.5 Å². The van der Waals surface area contributed by atoms with Gasteiger partial charge >= 0.3 is 5.97 Å². The predicted octanol–water partition coefficient (Wildman–Crippen LogP) is 1.90. The Hall–Kier alpha value is -1.89. The molecule has 2 saturated carbocycles. The topological polar surface area (TPSA) is 87.5 Å². The minimum Gasteiger partial charge on any atom is -0.480 e. The molecular formula is C19H30N4O3. The first-order chi connectivity index (χ1) is 12.3. The number of hydrogen-bond donors (Lipinski definition) is 2. The van der Waals surface area contributed by atoms with Gasteiger partial charge in [0.2, 0.25) is 0 Å². The molecule has 0 atom stereocenters. The van der Waals surface area contributed by atoms with Crippen molar-refractivity contribution in [2.45, 2.75) is 65.1 Å². The minimum atomic E-state index is -0.772. The lowest BCUT2D eigenvalue weighted by atomic mass is 9.85. The monoisotopic (exact) mass is 362 g/mol. The summed E-state index contributed by atoms with van der Waals surface area (Å²) in [6.45, 7) is 7.95. The van der Waals surface area contributed by atoms with Crippen molar-refractivity contribution >= 4 is 11.9 Å². The van der Waals surface area contributed by atoms with Gasteiger partial charge in [0, 0.05) is 30.9 Å². The predicted molar refractivity (Wildman–Crippen MR) is 98.0 cm³/mol. The Morgan fingerprint density at radius 3 is 2.65 bits per heavy atom. The van der Waals surface area contributed by atoms with E-state index in [2.05, 4.69) is 29.2 Å². The highest BCUT2D eigenvalue weighted by Gasteiger charge is 2.38. The van der Waals surface area contributed by atoms with Crippen LogP contribution in [0.4, 0.5) is 0 Å². The van der Waals surface area contributed by atoms with Gasteiger partial charge in [-0.15, -0.1) is 0 Å². The molecule has 0 bridgehead atoms. The number of carbonyl (C=O) groups excluding carboxylic acids is 1. The van der Waals surface area contributed by atoms with E-state index in [4.69, 9.17) is 5.11 Å². The third-order valence-electron chi connectivity index (χ3n) is 5.38. The summed E-state index contributed by atoms with van der Waals surface area (Å²) in [5.41, 5.74) is 1.53.